The van der Waals surface area contributed by atoms with Crippen molar-refractivity contribution in [3.8, 4) is 5.75 Å². The number of nitrogens with zero attached hydrogens (tertiary/aromatic N) is 1. The Morgan fingerprint density at radius 3 is 2.95 bits per heavy atom. The molecule has 6 heteroatoms. The first kappa shape index (κ1) is 13.1. The number of hydrogen-bond acceptors (Lipinski definition) is 4. The molecule has 2 aromatic rings. The Morgan fingerprint density at radius 2 is 2.26 bits per heavy atom. The number of phenolic OH excluding ortho intramolecular Hbond substituents is 1. The van der Waals surface area contributed by atoms with Crippen LogP contribution in [0.2, 0.25) is 0 Å². The van der Waals surface area contributed by atoms with E-state index in [-0.39, 0.29) is 5.69 Å². The summed E-state index contributed by atoms with van der Waals surface area (Å²) >= 11 is 0. The summed E-state index contributed by atoms with van der Waals surface area (Å²) in [5.74, 6) is -1.46. The van der Waals surface area contributed by atoms with Gasteiger partial charge in [-0.25, -0.2) is 4.39 Å². The molecule has 1 heterocycles. The van der Waals surface area contributed by atoms with Crippen LogP contribution in [0.25, 0.3) is 0 Å². The molecular weight excluding hydrogens is 251 g/mol. The number of aryl methyl sites for hydroxylation is 2. The molecule has 19 heavy (non-hydrogen) atoms. The molecule has 1 amide bonds. The van der Waals surface area contributed by atoms with Crippen LogP contribution >= 0.6 is 0 Å². The average Bonchev–Trinajstić information content (AvgIpc) is 2.76. The number of carbonyl (C=O) groups excluding carboxylic acids is 1. The zero-order valence-corrected chi connectivity index (χ0v) is 10.5. The monoisotopic (exact) mass is 264 g/mol. The molecule has 0 spiro atoms. The number of halogens is 1. The van der Waals surface area contributed by atoms with Gasteiger partial charge >= 0.3 is 0 Å². The van der Waals surface area contributed by atoms with Crippen molar-refractivity contribution in [2.75, 3.05) is 5.32 Å². The molecule has 0 atom stereocenters. The minimum absolute atomic E-state index is 0.0901. The van der Waals surface area contributed by atoms with Gasteiger partial charge in [-0.15, -0.1) is 0 Å². The maximum atomic E-state index is 13.6. The van der Waals surface area contributed by atoms with Crippen molar-refractivity contribution in [1.82, 2.24) is 5.16 Å². The van der Waals surface area contributed by atoms with Crippen molar-refractivity contribution in [2.24, 2.45) is 0 Å². The maximum absolute atomic E-state index is 13.6. The van der Waals surface area contributed by atoms with E-state index in [1.165, 1.54) is 18.2 Å². The van der Waals surface area contributed by atoms with Crippen molar-refractivity contribution in [3.63, 3.8) is 0 Å². The molecule has 0 bridgehead atoms. The first-order valence-corrected chi connectivity index (χ1v) is 5.78. The third kappa shape index (κ3) is 2.42. The molecule has 0 radical (unpaired) electrons. The van der Waals surface area contributed by atoms with Gasteiger partial charge in [0, 0.05) is 6.42 Å². The Morgan fingerprint density at radius 1 is 1.53 bits per heavy atom. The Kier molecular flexibility index (Phi) is 3.50. The van der Waals surface area contributed by atoms with E-state index >= 15 is 0 Å². The van der Waals surface area contributed by atoms with Gasteiger partial charge < -0.3 is 14.9 Å². The Balaban J connectivity index is 2.31. The van der Waals surface area contributed by atoms with E-state index in [4.69, 9.17) is 4.52 Å². The smallest absolute Gasteiger partial charge is 0.261 e. The predicted octanol–water partition coefficient (Wildman–Crippen LogP) is 2.64. The number of amides is 1. The second-order valence-corrected chi connectivity index (χ2v) is 4.01. The number of phenols is 1. The molecule has 1 aromatic heterocycles. The lowest BCUT2D eigenvalue weighted by Crippen LogP contribution is -2.15. The molecule has 2 rings (SSSR count). The molecule has 100 valence electrons. The highest BCUT2D eigenvalue weighted by Crippen LogP contribution is 2.24. The van der Waals surface area contributed by atoms with Gasteiger partial charge in [0.25, 0.3) is 5.91 Å². The third-order valence-corrected chi connectivity index (χ3v) is 2.71. The topological polar surface area (TPSA) is 75.4 Å². The molecule has 0 aliphatic rings. The standard InChI is InChI=1S/C13H13FN2O3/c1-3-10-11(7(2)16-19-10)13(18)15-8-5-4-6-9(17)12(8)14/h4-6,17H,3H2,1-2H3,(H,15,18). The van der Waals surface area contributed by atoms with Crippen LogP contribution in [0.3, 0.4) is 0 Å². The quantitative estimate of drug-likeness (QED) is 0.893. The lowest BCUT2D eigenvalue weighted by Gasteiger charge is -2.07. The highest BCUT2D eigenvalue weighted by atomic mass is 19.1. The molecule has 0 saturated heterocycles. The molecule has 2 N–H and O–H groups in total. The number of benzene rings is 1. The number of hydrogen-bond donors (Lipinski definition) is 2. The van der Waals surface area contributed by atoms with Crippen molar-refractivity contribution in [2.45, 2.75) is 20.3 Å². The van der Waals surface area contributed by atoms with Gasteiger partial charge in [0.15, 0.2) is 11.6 Å². The summed E-state index contributed by atoms with van der Waals surface area (Å²) in [7, 11) is 0. The van der Waals surface area contributed by atoms with Gasteiger partial charge in [-0.05, 0) is 19.1 Å². The van der Waals surface area contributed by atoms with Crippen LogP contribution in [0.5, 0.6) is 5.75 Å². The Hall–Kier alpha value is -2.37. The third-order valence-electron chi connectivity index (χ3n) is 2.71. The second-order valence-electron chi connectivity index (χ2n) is 4.01. The SMILES string of the molecule is CCc1onc(C)c1C(=O)Nc1cccc(O)c1F. The van der Waals surface area contributed by atoms with Gasteiger partial charge in [-0.1, -0.05) is 18.1 Å². The van der Waals surface area contributed by atoms with Crippen LogP contribution in [0.4, 0.5) is 10.1 Å². The van der Waals surface area contributed by atoms with Gasteiger partial charge in [0.05, 0.1) is 11.4 Å². The summed E-state index contributed by atoms with van der Waals surface area (Å²) in [5.41, 5.74) is 0.646. The van der Waals surface area contributed by atoms with Crippen LogP contribution < -0.4 is 5.32 Å². The van der Waals surface area contributed by atoms with E-state index in [2.05, 4.69) is 10.5 Å². The van der Waals surface area contributed by atoms with E-state index in [1.54, 1.807) is 6.92 Å². The molecule has 0 unspecified atom stereocenters. The minimum atomic E-state index is -0.872. The Bertz CT molecular complexity index is 622. The lowest BCUT2D eigenvalue weighted by atomic mass is 10.1. The van der Waals surface area contributed by atoms with E-state index in [0.29, 0.717) is 23.4 Å². The average molecular weight is 264 g/mol. The van der Waals surface area contributed by atoms with E-state index in [0.717, 1.165) is 0 Å². The number of nitrogens with one attached hydrogen (secondary N) is 1. The summed E-state index contributed by atoms with van der Waals surface area (Å²) in [4.78, 5) is 12.1. The molecule has 0 fully saturated rings. The van der Waals surface area contributed by atoms with Crippen LogP contribution in [0.1, 0.15) is 28.7 Å². The molecule has 5 nitrogen and oxygen atoms in total. The molecule has 0 aliphatic heterocycles. The van der Waals surface area contributed by atoms with E-state index in [9.17, 15) is 14.3 Å². The Labute approximate surface area is 109 Å². The number of aromatic hydroxyl groups is 1. The van der Waals surface area contributed by atoms with E-state index < -0.39 is 17.5 Å². The van der Waals surface area contributed by atoms with Crippen molar-refractivity contribution in [1.29, 1.82) is 0 Å². The molecule has 1 aromatic carbocycles. The maximum Gasteiger partial charge on any atom is 0.261 e. The second kappa shape index (κ2) is 5.09. The normalized spacial score (nSPS) is 10.5. The summed E-state index contributed by atoms with van der Waals surface area (Å²) in [6.07, 6.45) is 0.506. The summed E-state index contributed by atoms with van der Waals surface area (Å²) in [6, 6.07) is 4.00. The van der Waals surface area contributed by atoms with Crippen LogP contribution in [-0.4, -0.2) is 16.2 Å². The predicted molar refractivity (Wildman–Crippen MR) is 66.6 cm³/mol. The van der Waals surface area contributed by atoms with Crippen LogP contribution in [-0.2, 0) is 6.42 Å². The first-order chi connectivity index (χ1) is 9.04. The fourth-order valence-corrected chi connectivity index (χ4v) is 1.75. The first-order valence-electron chi connectivity index (χ1n) is 5.78. The number of anilines is 1. The van der Waals surface area contributed by atoms with Gasteiger partial charge in [-0.3, -0.25) is 4.79 Å². The summed E-state index contributed by atoms with van der Waals surface area (Å²) < 4.78 is 18.6. The molecule has 0 saturated carbocycles. The van der Waals surface area contributed by atoms with Gasteiger partial charge in [0.2, 0.25) is 0 Å². The molecular formula is C13H13FN2O3. The number of aromatic nitrogens is 1. The lowest BCUT2D eigenvalue weighted by molar-refractivity contribution is 0.102. The van der Waals surface area contributed by atoms with Gasteiger partial charge in [0.1, 0.15) is 11.3 Å². The fourth-order valence-electron chi connectivity index (χ4n) is 1.75. The number of rotatable bonds is 3. The van der Waals surface area contributed by atoms with Crippen molar-refractivity contribution < 1.29 is 18.8 Å². The fraction of sp³-hybridized carbons (Fsp3) is 0.231. The van der Waals surface area contributed by atoms with Gasteiger partial charge in [-0.2, -0.15) is 0 Å². The summed E-state index contributed by atoms with van der Waals surface area (Å²) in [5, 5.41) is 15.3. The zero-order chi connectivity index (χ0) is 14.0. The number of carbonyl (C=O) groups is 1. The van der Waals surface area contributed by atoms with Crippen molar-refractivity contribution >= 4 is 11.6 Å². The highest BCUT2D eigenvalue weighted by molar-refractivity contribution is 6.05. The largest absolute Gasteiger partial charge is 0.505 e. The zero-order valence-electron chi connectivity index (χ0n) is 10.5. The van der Waals surface area contributed by atoms with E-state index in [1.807, 2.05) is 6.92 Å². The summed E-state index contributed by atoms with van der Waals surface area (Å²) in [6.45, 7) is 3.46. The molecule has 0 aliphatic carbocycles. The minimum Gasteiger partial charge on any atom is -0.505 e. The highest BCUT2D eigenvalue weighted by Gasteiger charge is 2.20. The van der Waals surface area contributed by atoms with Crippen molar-refractivity contribution in [3.05, 3.63) is 41.0 Å². The van der Waals surface area contributed by atoms with Crippen LogP contribution in [0.15, 0.2) is 22.7 Å². The van der Waals surface area contributed by atoms with Crippen LogP contribution in [0, 0.1) is 12.7 Å².